The van der Waals surface area contributed by atoms with Gasteiger partial charge in [-0.2, -0.15) is 0 Å². The van der Waals surface area contributed by atoms with E-state index in [2.05, 4.69) is 30.6 Å². The van der Waals surface area contributed by atoms with Crippen LogP contribution in [0.15, 0.2) is 42.0 Å². The first-order valence-corrected chi connectivity index (χ1v) is 10.7. The van der Waals surface area contributed by atoms with Crippen LogP contribution in [0.4, 0.5) is 10.3 Å². The molecule has 0 spiro atoms. The largest absolute Gasteiger partial charge is 0.494 e. The molecule has 9 nitrogen and oxygen atoms in total. The number of hydrogen-bond acceptors (Lipinski definition) is 9. The molecule has 0 atom stereocenters. The van der Waals surface area contributed by atoms with E-state index in [0.29, 0.717) is 22.6 Å². The lowest BCUT2D eigenvalue weighted by Crippen LogP contribution is -2.16. The van der Waals surface area contributed by atoms with Crippen LogP contribution in [-0.2, 0) is 11.2 Å². The topological polar surface area (TPSA) is 119 Å². The molecule has 4 aromatic rings. The summed E-state index contributed by atoms with van der Waals surface area (Å²) in [7, 11) is 0. The Morgan fingerprint density at radius 2 is 1.93 bits per heavy atom. The Balaban J connectivity index is 1.36. The van der Waals surface area contributed by atoms with Crippen molar-refractivity contribution in [2.45, 2.75) is 13.3 Å². The summed E-state index contributed by atoms with van der Waals surface area (Å²) < 4.78 is 6.42. The molecule has 30 heavy (non-hydrogen) atoms. The number of aromatic nitrogens is 4. The van der Waals surface area contributed by atoms with E-state index in [4.69, 9.17) is 4.74 Å². The fourth-order valence-electron chi connectivity index (χ4n) is 2.56. The molecule has 0 aliphatic carbocycles. The zero-order chi connectivity index (χ0) is 20.9. The van der Waals surface area contributed by atoms with E-state index in [0.717, 1.165) is 16.0 Å². The van der Waals surface area contributed by atoms with Gasteiger partial charge in [0.05, 0.1) is 28.9 Å². The van der Waals surface area contributed by atoms with Crippen LogP contribution in [0, 0.1) is 0 Å². The van der Waals surface area contributed by atoms with E-state index in [1.165, 1.54) is 35.1 Å². The first-order valence-electron chi connectivity index (χ1n) is 8.96. The van der Waals surface area contributed by atoms with Crippen molar-refractivity contribution < 1.29 is 14.3 Å². The number of hydrogen-bond donors (Lipinski definition) is 2. The Labute approximate surface area is 179 Å². The minimum atomic E-state index is -0.457. The number of amides is 2. The third-order valence-electron chi connectivity index (χ3n) is 3.80. The smallest absolute Gasteiger partial charge is 0.295 e. The van der Waals surface area contributed by atoms with Crippen LogP contribution in [0.1, 0.15) is 23.2 Å². The Morgan fingerprint density at radius 1 is 1.10 bits per heavy atom. The molecule has 0 saturated carbocycles. The number of fused-ring (bicyclic) bond motifs is 1. The number of nitrogens with zero attached hydrogens (tertiary/aromatic N) is 4. The van der Waals surface area contributed by atoms with Gasteiger partial charge in [-0.15, -0.1) is 11.3 Å². The SMILES string of the molecule is CCOc1ccc2nc(NC(=O)Cc3csc(NC(=O)c4ncccn4)n3)sc2c1. The number of carbonyl (C=O) groups excluding carboxylic acids is 2. The van der Waals surface area contributed by atoms with Crippen molar-refractivity contribution in [2.24, 2.45) is 0 Å². The molecule has 152 valence electrons. The lowest BCUT2D eigenvalue weighted by molar-refractivity contribution is -0.115. The molecule has 0 unspecified atom stereocenters. The van der Waals surface area contributed by atoms with Crippen LogP contribution in [0.2, 0.25) is 0 Å². The molecule has 2 amide bonds. The van der Waals surface area contributed by atoms with Gasteiger partial charge in [-0.1, -0.05) is 11.3 Å². The van der Waals surface area contributed by atoms with Gasteiger partial charge in [0.25, 0.3) is 5.91 Å². The van der Waals surface area contributed by atoms with Crippen molar-refractivity contribution in [1.82, 2.24) is 19.9 Å². The summed E-state index contributed by atoms with van der Waals surface area (Å²) in [5, 5.41) is 8.01. The average molecular weight is 441 g/mol. The lowest BCUT2D eigenvalue weighted by Gasteiger charge is -2.00. The zero-order valence-corrected chi connectivity index (χ0v) is 17.4. The zero-order valence-electron chi connectivity index (χ0n) is 15.8. The molecule has 0 aliphatic heterocycles. The number of carbonyl (C=O) groups is 2. The van der Waals surface area contributed by atoms with Gasteiger partial charge in [0.2, 0.25) is 11.7 Å². The lowest BCUT2D eigenvalue weighted by atomic mass is 10.3. The highest BCUT2D eigenvalue weighted by atomic mass is 32.1. The molecule has 0 saturated heterocycles. The van der Waals surface area contributed by atoms with E-state index >= 15 is 0 Å². The highest BCUT2D eigenvalue weighted by Gasteiger charge is 2.14. The van der Waals surface area contributed by atoms with Gasteiger partial charge in [-0.25, -0.2) is 19.9 Å². The average Bonchev–Trinajstić information content (AvgIpc) is 3.34. The highest BCUT2D eigenvalue weighted by molar-refractivity contribution is 7.22. The molecule has 1 aromatic carbocycles. The third kappa shape index (κ3) is 4.75. The first-order chi connectivity index (χ1) is 14.6. The van der Waals surface area contributed by atoms with Gasteiger partial charge >= 0.3 is 0 Å². The van der Waals surface area contributed by atoms with E-state index < -0.39 is 5.91 Å². The molecule has 3 aromatic heterocycles. The fourth-order valence-corrected chi connectivity index (χ4v) is 4.17. The van der Waals surface area contributed by atoms with E-state index in [1.807, 2.05) is 25.1 Å². The van der Waals surface area contributed by atoms with E-state index in [1.54, 1.807) is 11.4 Å². The first kappa shape index (κ1) is 19.9. The minimum Gasteiger partial charge on any atom is -0.494 e. The summed E-state index contributed by atoms with van der Waals surface area (Å²) in [6, 6.07) is 7.24. The molecular weight excluding hydrogens is 424 g/mol. The Kier molecular flexibility index (Phi) is 5.91. The molecule has 0 bridgehead atoms. The van der Waals surface area contributed by atoms with Crippen LogP contribution < -0.4 is 15.4 Å². The molecule has 0 aliphatic rings. The molecule has 11 heteroatoms. The molecule has 3 heterocycles. The van der Waals surface area contributed by atoms with E-state index in [-0.39, 0.29) is 18.2 Å². The second-order valence-electron chi connectivity index (χ2n) is 5.98. The van der Waals surface area contributed by atoms with Crippen molar-refractivity contribution in [1.29, 1.82) is 0 Å². The maximum absolute atomic E-state index is 12.4. The number of nitrogens with one attached hydrogen (secondary N) is 2. The van der Waals surface area contributed by atoms with Crippen molar-refractivity contribution >= 4 is 55.0 Å². The van der Waals surface area contributed by atoms with Gasteiger partial charge in [0.15, 0.2) is 10.3 Å². The second kappa shape index (κ2) is 8.93. The van der Waals surface area contributed by atoms with Crippen molar-refractivity contribution in [2.75, 3.05) is 17.2 Å². The molecule has 2 N–H and O–H groups in total. The van der Waals surface area contributed by atoms with Crippen LogP contribution >= 0.6 is 22.7 Å². The van der Waals surface area contributed by atoms with Crippen LogP contribution in [0.25, 0.3) is 10.2 Å². The minimum absolute atomic E-state index is 0.0512. The highest BCUT2D eigenvalue weighted by Crippen LogP contribution is 2.29. The maximum atomic E-state index is 12.4. The Bertz CT molecular complexity index is 1190. The van der Waals surface area contributed by atoms with Gasteiger partial charge in [-0.3, -0.25) is 14.9 Å². The van der Waals surface area contributed by atoms with Gasteiger partial charge in [0, 0.05) is 17.8 Å². The number of anilines is 2. The Morgan fingerprint density at radius 3 is 2.73 bits per heavy atom. The summed E-state index contributed by atoms with van der Waals surface area (Å²) in [5.74, 6) is 0.121. The molecule has 0 fully saturated rings. The van der Waals surface area contributed by atoms with Gasteiger partial charge < -0.3 is 10.1 Å². The van der Waals surface area contributed by atoms with E-state index in [9.17, 15) is 9.59 Å². The molecular formula is C19H16N6O3S2. The summed E-state index contributed by atoms with van der Waals surface area (Å²) in [5.41, 5.74) is 1.34. The predicted molar refractivity (Wildman–Crippen MR) is 115 cm³/mol. The number of ether oxygens (including phenoxy) is 1. The quantitative estimate of drug-likeness (QED) is 0.452. The monoisotopic (exact) mass is 440 g/mol. The summed E-state index contributed by atoms with van der Waals surface area (Å²) >= 11 is 2.60. The van der Waals surface area contributed by atoms with Crippen molar-refractivity contribution in [3.8, 4) is 5.75 Å². The second-order valence-corrected chi connectivity index (χ2v) is 7.87. The fraction of sp³-hybridized carbons (Fsp3) is 0.158. The standard InChI is InChI=1S/C19H16N6O3S2/c1-2-28-12-4-5-13-14(9-12)30-19(23-13)24-15(26)8-11-10-29-18(22-11)25-17(27)16-20-6-3-7-21-16/h3-7,9-10H,2,8H2,1H3,(H,22,25,27)(H,23,24,26). The summed E-state index contributed by atoms with van der Waals surface area (Å²) in [6.07, 6.45) is 3.03. The van der Waals surface area contributed by atoms with Crippen LogP contribution in [-0.4, -0.2) is 38.4 Å². The number of benzene rings is 1. The third-order valence-corrected chi connectivity index (χ3v) is 5.54. The van der Waals surface area contributed by atoms with Crippen LogP contribution in [0.3, 0.4) is 0 Å². The summed E-state index contributed by atoms with van der Waals surface area (Å²) in [6.45, 7) is 2.51. The molecule has 4 rings (SSSR count). The van der Waals surface area contributed by atoms with Crippen LogP contribution in [0.5, 0.6) is 5.75 Å². The predicted octanol–water partition coefficient (Wildman–Crippen LogP) is 3.38. The van der Waals surface area contributed by atoms with Gasteiger partial charge in [0.1, 0.15) is 5.75 Å². The van der Waals surface area contributed by atoms with Crippen molar-refractivity contribution in [3.63, 3.8) is 0 Å². The number of rotatable bonds is 7. The number of thiazole rings is 2. The Hall–Kier alpha value is -3.44. The molecule has 0 radical (unpaired) electrons. The maximum Gasteiger partial charge on any atom is 0.295 e. The summed E-state index contributed by atoms with van der Waals surface area (Å²) in [4.78, 5) is 40.9. The normalized spacial score (nSPS) is 10.7. The van der Waals surface area contributed by atoms with Crippen molar-refractivity contribution in [3.05, 3.63) is 53.6 Å². The van der Waals surface area contributed by atoms with Gasteiger partial charge in [-0.05, 0) is 31.2 Å².